The molecule has 4 rings (SSSR count). The number of fused-ring (bicyclic) bond motifs is 3. The summed E-state index contributed by atoms with van der Waals surface area (Å²) in [6.45, 7) is 0.0308. The highest BCUT2D eigenvalue weighted by molar-refractivity contribution is 7.89. The van der Waals surface area contributed by atoms with Gasteiger partial charge in [0.1, 0.15) is 12.6 Å². The largest absolute Gasteiger partial charge is 0.481 e. The molecule has 2 unspecified atom stereocenters. The number of aliphatic carboxylic acids is 1. The van der Waals surface area contributed by atoms with E-state index < -0.39 is 46.5 Å². The van der Waals surface area contributed by atoms with E-state index in [0.29, 0.717) is 6.42 Å². The molecule has 0 radical (unpaired) electrons. The van der Waals surface area contributed by atoms with E-state index in [9.17, 15) is 27.9 Å². The molecule has 1 heterocycles. The van der Waals surface area contributed by atoms with Crippen molar-refractivity contribution in [2.24, 2.45) is 0 Å². The Morgan fingerprint density at radius 3 is 2.23 bits per heavy atom. The number of rotatable bonds is 8. The number of nitrogens with zero attached hydrogens (tertiary/aromatic N) is 1. The monoisotopic (exact) mass is 501 g/mol. The van der Waals surface area contributed by atoms with Crippen LogP contribution in [0.5, 0.6) is 0 Å². The molecule has 0 spiro atoms. The van der Waals surface area contributed by atoms with Gasteiger partial charge in [-0.2, -0.15) is 0 Å². The highest BCUT2D eigenvalue weighted by atomic mass is 32.2. The van der Waals surface area contributed by atoms with Gasteiger partial charge in [-0.05, 0) is 28.7 Å². The summed E-state index contributed by atoms with van der Waals surface area (Å²) in [5, 5.41) is 14.1. The molecule has 1 aliphatic carbocycles. The Labute approximate surface area is 203 Å². The van der Waals surface area contributed by atoms with Gasteiger partial charge in [0.25, 0.3) is 0 Å². The van der Waals surface area contributed by atoms with E-state index in [0.717, 1.165) is 22.3 Å². The Balaban J connectivity index is 1.37. The third-order valence-corrected chi connectivity index (χ3v) is 8.43. The number of nitrogens with one attached hydrogen (secondary N) is 2. The number of carbonyl (C=O) groups excluding carboxylic acids is 2. The highest BCUT2D eigenvalue weighted by Crippen LogP contribution is 2.44. The van der Waals surface area contributed by atoms with Gasteiger partial charge in [-0.25, -0.2) is 17.5 Å². The Bertz CT molecular complexity index is 1200. The lowest BCUT2D eigenvalue weighted by Crippen LogP contribution is -2.50. The maximum absolute atomic E-state index is 12.6. The van der Waals surface area contributed by atoms with Crippen LogP contribution in [0.4, 0.5) is 4.79 Å². The molecular formula is C24H27N3O7S. The molecule has 1 fully saturated rings. The van der Waals surface area contributed by atoms with Gasteiger partial charge < -0.3 is 20.5 Å². The van der Waals surface area contributed by atoms with Crippen LogP contribution >= 0.6 is 0 Å². The molecule has 2 aliphatic rings. The van der Waals surface area contributed by atoms with Crippen LogP contribution in [0.3, 0.4) is 0 Å². The van der Waals surface area contributed by atoms with Gasteiger partial charge in [0, 0.05) is 25.6 Å². The number of sulfonamides is 1. The SMILES string of the molecule is CN1C(CNC(=O)C(CC(=O)O)NC(=O)OCC2c3ccccc3-c3ccccc32)CCS1(=O)=O. The zero-order valence-electron chi connectivity index (χ0n) is 19.1. The van der Waals surface area contributed by atoms with Gasteiger partial charge in [-0.3, -0.25) is 9.59 Å². The molecule has 2 amide bonds. The van der Waals surface area contributed by atoms with Gasteiger partial charge in [0.2, 0.25) is 15.9 Å². The van der Waals surface area contributed by atoms with Crippen LogP contribution in [0.1, 0.15) is 29.9 Å². The maximum Gasteiger partial charge on any atom is 0.407 e. The average molecular weight is 502 g/mol. The quantitative estimate of drug-likeness (QED) is 0.498. The van der Waals surface area contributed by atoms with Crippen molar-refractivity contribution < 1.29 is 32.6 Å². The molecule has 1 aliphatic heterocycles. The summed E-state index contributed by atoms with van der Waals surface area (Å²) in [7, 11) is -1.91. The van der Waals surface area contributed by atoms with Crippen LogP contribution in [0.2, 0.25) is 0 Å². The standard InChI is InChI=1S/C24H27N3O7S/c1-27-15(10-11-35(27,32)33)13-25-23(30)21(12-22(28)29)26-24(31)34-14-20-18-8-4-2-6-16(18)17-7-3-5-9-19(17)20/h2-9,15,20-21H,10-14H2,1H3,(H,25,30)(H,26,31)(H,28,29). The van der Waals surface area contributed by atoms with Crippen molar-refractivity contribution in [2.45, 2.75) is 30.8 Å². The van der Waals surface area contributed by atoms with Crippen molar-refractivity contribution in [3.05, 3.63) is 59.7 Å². The fourth-order valence-electron chi connectivity index (χ4n) is 4.58. The third kappa shape index (κ3) is 5.30. The molecule has 186 valence electrons. The zero-order chi connectivity index (χ0) is 25.2. The minimum absolute atomic E-state index is 0.0110. The van der Waals surface area contributed by atoms with Gasteiger partial charge >= 0.3 is 12.1 Å². The van der Waals surface area contributed by atoms with Crippen molar-refractivity contribution in [3.63, 3.8) is 0 Å². The van der Waals surface area contributed by atoms with E-state index in [4.69, 9.17) is 4.74 Å². The third-order valence-electron chi connectivity index (χ3n) is 6.50. The van der Waals surface area contributed by atoms with E-state index in [1.807, 2.05) is 48.5 Å². The van der Waals surface area contributed by atoms with Gasteiger partial charge in [-0.15, -0.1) is 0 Å². The van der Waals surface area contributed by atoms with Crippen LogP contribution in [-0.4, -0.2) is 73.8 Å². The van der Waals surface area contributed by atoms with Crippen LogP contribution < -0.4 is 10.6 Å². The number of ether oxygens (including phenoxy) is 1. The summed E-state index contributed by atoms with van der Waals surface area (Å²) in [6.07, 6.45) is -1.20. The van der Waals surface area contributed by atoms with Crippen molar-refractivity contribution in [3.8, 4) is 11.1 Å². The number of alkyl carbamates (subject to hydrolysis) is 1. The second-order valence-electron chi connectivity index (χ2n) is 8.64. The van der Waals surface area contributed by atoms with Crippen molar-refractivity contribution in [2.75, 3.05) is 26.0 Å². The minimum atomic E-state index is -3.34. The Morgan fingerprint density at radius 1 is 1.09 bits per heavy atom. The molecule has 1 saturated heterocycles. The van der Waals surface area contributed by atoms with E-state index in [-0.39, 0.29) is 24.8 Å². The molecule has 2 atom stereocenters. The Morgan fingerprint density at radius 2 is 1.69 bits per heavy atom. The molecule has 0 saturated carbocycles. The van der Waals surface area contributed by atoms with E-state index in [1.165, 1.54) is 11.4 Å². The second kappa shape index (κ2) is 10.0. The number of hydrogen-bond acceptors (Lipinski definition) is 6. The van der Waals surface area contributed by atoms with Crippen molar-refractivity contribution in [1.29, 1.82) is 0 Å². The van der Waals surface area contributed by atoms with E-state index in [2.05, 4.69) is 10.6 Å². The Hall–Kier alpha value is -3.44. The number of benzene rings is 2. The Kier molecular flexibility index (Phi) is 7.08. The van der Waals surface area contributed by atoms with Crippen LogP contribution in [0, 0.1) is 0 Å². The highest BCUT2D eigenvalue weighted by Gasteiger charge is 2.35. The number of carboxylic acid groups (broad SMARTS) is 1. The fraction of sp³-hybridized carbons (Fsp3) is 0.375. The van der Waals surface area contributed by atoms with Gasteiger partial charge in [0.05, 0.1) is 12.2 Å². The minimum Gasteiger partial charge on any atom is -0.481 e. The first-order chi connectivity index (χ1) is 16.7. The van der Waals surface area contributed by atoms with Crippen LogP contribution in [0.25, 0.3) is 11.1 Å². The summed E-state index contributed by atoms with van der Waals surface area (Å²) in [6, 6.07) is 13.9. The van der Waals surface area contributed by atoms with Crippen LogP contribution in [0.15, 0.2) is 48.5 Å². The topological polar surface area (TPSA) is 142 Å². The summed E-state index contributed by atoms with van der Waals surface area (Å²) < 4.78 is 30.3. The molecular weight excluding hydrogens is 474 g/mol. The molecule has 11 heteroatoms. The summed E-state index contributed by atoms with van der Waals surface area (Å²) in [5.41, 5.74) is 4.19. The van der Waals surface area contributed by atoms with Gasteiger partial charge in [-0.1, -0.05) is 48.5 Å². The predicted octanol–water partition coefficient (Wildman–Crippen LogP) is 1.52. The number of amides is 2. The van der Waals surface area contributed by atoms with E-state index in [1.54, 1.807) is 0 Å². The fourth-order valence-corrected chi connectivity index (χ4v) is 6.07. The predicted molar refractivity (Wildman–Crippen MR) is 127 cm³/mol. The zero-order valence-corrected chi connectivity index (χ0v) is 20.0. The smallest absolute Gasteiger partial charge is 0.407 e. The number of carboxylic acids is 1. The molecule has 3 N–H and O–H groups in total. The lowest BCUT2D eigenvalue weighted by Gasteiger charge is -2.21. The molecule has 2 aromatic rings. The van der Waals surface area contributed by atoms with Crippen molar-refractivity contribution in [1.82, 2.24) is 14.9 Å². The maximum atomic E-state index is 12.6. The van der Waals surface area contributed by atoms with E-state index >= 15 is 0 Å². The van der Waals surface area contributed by atoms with Crippen LogP contribution in [-0.2, 0) is 24.3 Å². The molecule has 2 aromatic carbocycles. The van der Waals surface area contributed by atoms with Crippen molar-refractivity contribution >= 4 is 28.0 Å². The number of likely N-dealkylation sites (N-methyl/N-ethyl adjacent to an activating group) is 1. The lowest BCUT2D eigenvalue weighted by molar-refractivity contribution is -0.139. The summed E-state index contributed by atoms with van der Waals surface area (Å²) in [4.78, 5) is 36.4. The van der Waals surface area contributed by atoms with Gasteiger partial charge in [0.15, 0.2) is 0 Å². The molecule has 0 bridgehead atoms. The molecule has 35 heavy (non-hydrogen) atoms. The second-order valence-corrected chi connectivity index (χ2v) is 10.8. The first-order valence-electron chi connectivity index (χ1n) is 11.2. The average Bonchev–Trinajstić information content (AvgIpc) is 3.28. The first-order valence-corrected chi connectivity index (χ1v) is 12.8. The first kappa shape index (κ1) is 24.7. The summed E-state index contributed by atoms with van der Waals surface area (Å²) >= 11 is 0. The molecule has 0 aromatic heterocycles. The number of hydrogen-bond donors (Lipinski definition) is 3. The molecule has 10 nitrogen and oxygen atoms in total. The normalized spacial score (nSPS) is 19.4. The summed E-state index contributed by atoms with van der Waals surface area (Å²) in [5.74, 6) is -2.19. The lowest BCUT2D eigenvalue weighted by atomic mass is 9.98. The number of carbonyl (C=O) groups is 3.